The first-order chi connectivity index (χ1) is 22.5. The Kier molecular flexibility index (Phi) is 8.39. The molecule has 47 heavy (non-hydrogen) atoms. The molecule has 0 spiro atoms. The van der Waals surface area contributed by atoms with Crippen LogP contribution >= 0.6 is 11.6 Å². The molecule has 14 heteroatoms. The molecule has 3 aromatic carbocycles. The second kappa shape index (κ2) is 12.6. The third kappa shape index (κ3) is 6.12. The van der Waals surface area contributed by atoms with Gasteiger partial charge in [0.2, 0.25) is 0 Å². The number of nitrogens with zero attached hydrogens (tertiary/aromatic N) is 3. The third-order valence-corrected chi connectivity index (χ3v) is 8.30. The number of carbonyl (C=O) groups excluding carboxylic acids is 3. The summed E-state index contributed by atoms with van der Waals surface area (Å²) >= 11 is 6.21. The molecule has 3 amide bonds. The van der Waals surface area contributed by atoms with Crippen LogP contribution in [-0.2, 0) is 13.0 Å². The number of nitrogens with one attached hydrogen (secondary N) is 3. The van der Waals surface area contributed by atoms with Crippen LogP contribution in [0.25, 0.3) is 5.65 Å². The minimum Gasteiger partial charge on any atom is -0.478 e. The van der Waals surface area contributed by atoms with E-state index in [9.17, 15) is 33.1 Å². The van der Waals surface area contributed by atoms with Crippen molar-refractivity contribution < 1.29 is 33.1 Å². The predicted octanol–water partition coefficient (Wildman–Crippen LogP) is 5.27. The van der Waals surface area contributed by atoms with Crippen molar-refractivity contribution in [1.29, 1.82) is 0 Å². The molecule has 1 aliphatic carbocycles. The topological polar surface area (TPSA) is 155 Å². The van der Waals surface area contributed by atoms with Crippen LogP contribution in [0.2, 0.25) is 5.02 Å². The van der Waals surface area contributed by atoms with E-state index in [0.717, 1.165) is 27.8 Å². The highest BCUT2D eigenvalue weighted by Crippen LogP contribution is 2.35. The molecule has 6 rings (SSSR count). The summed E-state index contributed by atoms with van der Waals surface area (Å²) in [6, 6.07) is 13.7. The molecule has 2 heterocycles. The maximum Gasteiger partial charge on any atom is 0.335 e. The number of carboxylic acids is 1. The fourth-order valence-electron chi connectivity index (χ4n) is 5.57. The van der Waals surface area contributed by atoms with Gasteiger partial charge < -0.3 is 21.1 Å². The molecule has 11 nitrogen and oxygen atoms in total. The fourth-order valence-corrected chi connectivity index (χ4v) is 5.75. The van der Waals surface area contributed by atoms with Gasteiger partial charge in [-0.2, -0.15) is 5.10 Å². The summed E-state index contributed by atoms with van der Waals surface area (Å²) in [5.74, 6) is -5.19. The first-order valence-corrected chi connectivity index (χ1v) is 14.7. The maximum atomic E-state index is 13.8. The molecule has 0 aliphatic heterocycles. The zero-order valence-electron chi connectivity index (χ0n) is 24.6. The number of para-hydroxylation sites is 1. The van der Waals surface area contributed by atoms with E-state index < -0.39 is 41.4 Å². The number of benzene rings is 3. The van der Waals surface area contributed by atoms with Crippen molar-refractivity contribution in [2.24, 2.45) is 0 Å². The highest BCUT2D eigenvalue weighted by Gasteiger charge is 2.30. The zero-order chi connectivity index (χ0) is 33.4. The van der Waals surface area contributed by atoms with Gasteiger partial charge in [0.15, 0.2) is 17.3 Å². The number of anilines is 1. The Balaban J connectivity index is 1.34. The molecule has 0 saturated heterocycles. The number of rotatable bonds is 8. The van der Waals surface area contributed by atoms with E-state index in [1.54, 1.807) is 37.3 Å². The van der Waals surface area contributed by atoms with Gasteiger partial charge in [-0.3, -0.25) is 14.4 Å². The standard InChI is InChI=1S/C33H25ClF2N6O5/c1-16-18-9-11-25(20(18)8-7-19(16)33(46)47)40-32(45)28-13-27(31(44)37-14-17-6-10-23(35)24(36)12-17)39-29-21(15-38-42(28)29)30(43)41-26-5-3-2-4-22(26)34/h2-8,10,12-13,15,25H,9,11,14H2,1H3,(H,37,44)(H,40,45)(H,41,43)(H,46,47). The number of carbonyl (C=O) groups is 4. The quantitative estimate of drug-likeness (QED) is 0.177. The smallest absolute Gasteiger partial charge is 0.335 e. The summed E-state index contributed by atoms with van der Waals surface area (Å²) in [6.45, 7) is 1.54. The number of amides is 3. The van der Waals surface area contributed by atoms with Crippen LogP contribution in [0, 0.1) is 18.6 Å². The Morgan fingerprint density at radius 2 is 1.77 bits per heavy atom. The Hall–Kier alpha value is -5.69. The van der Waals surface area contributed by atoms with Crippen molar-refractivity contribution >= 4 is 46.6 Å². The highest BCUT2D eigenvalue weighted by atomic mass is 35.5. The average Bonchev–Trinajstić information content (AvgIpc) is 3.67. The molecule has 1 unspecified atom stereocenters. The Morgan fingerprint density at radius 3 is 2.51 bits per heavy atom. The lowest BCUT2D eigenvalue weighted by atomic mass is 9.98. The monoisotopic (exact) mass is 658 g/mol. The highest BCUT2D eigenvalue weighted by molar-refractivity contribution is 6.34. The van der Waals surface area contributed by atoms with Crippen molar-refractivity contribution in [3.8, 4) is 0 Å². The summed E-state index contributed by atoms with van der Waals surface area (Å²) in [5.41, 5.74) is 2.50. The van der Waals surface area contributed by atoms with E-state index in [-0.39, 0.29) is 45.3 Å². The third-order valence-electron chi connectivity index (χ3n) is 7.97. The van der Waals surface area contributed by atoms with Crippen molar-refractivity contribution in [2.75, 3.05) is 5.32 Å². The summed E-state index contributed by atoms with van der Waals surface area (Å²) in [7, 11) is 0. The van der Waals surface area contributed by atoms with E-state index in [0.29, 0.717) is 24.1 Å². The van der Waals surface area contributed by atoms with Gasteiger partial charge in [0, 0.05) is 12.6 Å². The minimum absolute atomic E-state index is 0.0581. The number of hydrogen-bond acceptors (Lipinski definition) is 6. The number of aromatic carboxylic acids is 1. The second-order valence-electron chi connectivity index (χ2n) is 10.9. The minimum atomic E-state index is -1.08. The molecule has 4 N–H and O–H groups in total. The fraction of sp³-hybridized carbons (Fsp3) is 0.152. The van der Waals surface area contributed by atoms with Crippen LogP contribution in [0.15, 0.2) is 66.9 Å². The number of aromatic nitrogens is 3. The molecule has 5 aromatic rings. The van der Waals surface area contributed by atoms with Gasteiger partial charge in [-0.1, -0.05) is 35.9 Å². The van der Waals surface area contributed by atoms with Gasteiger partial charge in [-0.05, 0) is 72.4 Å². The van der Waals surface area contributed by atoms with Gasteiger partial charge in [0.05, 0.1) is 28.5 Å². The summed E-state index contributed by atoms with van der Waals surface area (Å²) in [6.07, 6.45) is 2.26. The normalized spacial score (nSPS) is 13.7. The van der Waals surface area contributed by atoms with Gasteiger partial charge >= 0.3 is 5.97 Å². The number of halogens is 3. The molecule has 0 bridgehead atoms. The van der Waals surface area contributed by atoms with Crippen LogP contribution in [0.3, 0.4) is 0 Å². The SMILES string of the molecule is Cc1c(C(=O)O)ccc2c1CCC2NC(=O)c1cc(C(=O)NCc2ccc(F)c(F)c2)nc2c(C(=O)Nc3ccccc3Cl)cnn12. The van der Waals surface area contributed by atoms with E-state index in [1.165, 1.54) is 24.4 Å². The lowest BCUT2D eigenvalue weighted by molar-refractivity contribution is 0.0695. The molecular weight excluding hydrogens is 634 g/mol. The number of fused-ring (bicyclic) bond motifs is 2. The van der Waals surface area contributed by atoms with Crippen molar-refractivity contribution in [2.45, 2.75) is 32.4 Å². The summed E-state index contributed by atoms with van der Waals surface area (Å²) in [5, 5.41) is 22.2. The van der Waals surface area contributed by atoms with Crippen LogP contribution in [-0.4, -0.2) is 43.4 Å². The lowest BCUT2D eigenvalue weighted by Crippen LogP contribution is -2.31. The molecule has 0 radical (unpaired) electrons. The van der Waals surface area contributed by atoms with Gasteiger partial charge in [-0.15, -0.1) is 0 Å². The van der Waals surface area contributed by atoms with Crippen LogP contribution in [0.1, 0.15) is 76.4 Å². The number of hydrogen-bond donors (Lipinski definition) is 4. The summed E-state index contributed by atoms with van der Waals surface area (Å²) < 4.78 is 28.2. The molecule has 2 aromatic heterocycles. The lowest BCUT2D eigenvalue weighted by Gasteiger charge is -2.16. The Labute approximate surface area is 270 Å². The van der Waals surface area contributed by atoms with Crippen LogP contribution < -0.4 is 16.0 Å². The Bertz CT molecular complexity index is 2120. The first-order valence-electron chi connectivity index (χ1n) is 14.3. The summed E-state index contributed by atoms with van der Waals surface area (Å²) in [4.78, 5) is 56.4. The van der Waals surface area contributed by atoms with Gasteiger partial charge in [-0.25, -0.2) is 23.1 Å². The largest absolute Gasteiger partial charge is 0.478 e. The van der Waals surface area contributed by atoms with Gasteiger partial charge in [0.1, 0.15) is 17.0 Å². The first kappa shape index (κ1) is 31.3. The van der Waals surface area contributed by atoms with Crippen molar-refractivity contribution in [3.05, 3.63) is 128 Å². The van der Waals surface area contributed by atoms with Crippen molar-refractivity contribution in [3.63, 3.8) is 0 Å². The second-order valence-corrected chi connectivity index (χ2v) is 11.3. The van der Waals surface area contributed by atoms with Gasteiger partial charge in [0.25, 0.3) is 17.7 Å². The Morgan fingerprint density at radius 1 is 0.979 bits per heavy atom. The number of carboxylic acid groups (broad SMARTS) is 1. The molecular formula is C33H25ClF2N6O5. The maximum absolute atomic E-state index is 13.8. The molecule has 1 aliphatic rings. The van der Waals surface area contributed by atoms with Crippen LogP contribution in [0.4, 0.5) is 14.5 Å². The molecule has 1 atom stereocenters. The van der Waals surface area contributed by atoms with Crippen molar-refractivity contribution in [1.82, 2.24) is 25.2 Å². The van der Waals surface area contributed by atoms with E-state index in [4.69, 9.17) is 11.6 Å². The van der Waals surface area contributed by atoms with E-state index >= 15 is 0 Å². The van der Waals surface area contributed by atoms with Crippen LogP contribution in [0.5, 0.6) is 0 Å². The molecule has 0 saturated carbocycles. The zero-order valence-corrected chi connectivity index (χ0v) is 25.4. The molecule has 0 fully saturated rings. The molecule has 238 valence electrons. The predicted molar refractivity (Wildman–Crippen MR) is 167 cm³/mol. The average molecular weight is 659 g/mol. The van der Waals surface area contributed by atoms with E-state index in [2.05, 4.69) is 26.0 Å². The van der Waals surface area contributed by atoms with E-state index in [1.807, 2.05) is 0 Å².